The predicted molar refractivity (Wildman–Crippen MR) is 79.0 cm³/mol. The topological polar surface area (TPSA) is 79.2 Å². The van der Waals surface area contributed by atoms with E-state index >= 15 is 0 Å². The zero-order valence-corrected chi connectivity index (χ0v) is 12.3. The second-order valence-electron chi connectivity index (χ2n) is 4.39. The Bertz CT molecular complexity index is 682. The highest BCUT2D eigenvalue weighted by Gasteiger charge is 2.15. The Hall–Kier alpha value is -1.72. The lowest BCUT2D eigenvalue weighted by Crippen LogP contribution is -2.37. The number of carbonyl (C=O) groups excluding carboxylic acids is 2. The summed E-state index contributed by atoms with van der Waals surface area (Å²) >= 11 is 12.0. The normalized spacial score (nSPS) is 10.8. The van der Waals surface area contributed by atoms with Crippen LogP contribution in [-0.2, 0) is 11.2 Å². The van der Waals surface area contributed by atoms with Crippen molar-refractivity contribution in [3.05, 3.63) is 33.9 Å². The van der Waals surface area contributed by atoms with Crippen molar-refractivity contribution in [1.82, 2.24) is 9.88 Å². The molecule has 2 aromatic rings. The van der Waals surface area contributed by atoms with Gasteiger partial charge in [-0.25, -0.2) is 4.79 Å². The van der Waals surface area contributed by atoms with Crippen molar-refractivity contribution in [2.45, 2.75) is 12.8 Å². The molecule has 0 atom stereocenters. The van der Waals surface area contributed by atoms with Gasteiger partial charge in [0.1, 0.15) is 0 Å². The van der Waals surface area contributed by atoms with Crippen LogP contribution in [0.1, 0.15) is 12.0 Å². The Morgan fingerprint density at radius 3 is 2.70 bits per heavy atom. The molecule has 0 bridgehead atoms. The molecule has 20 heavy (non-hydrogen) atoms. The summed E-state index contributed by atoms with van der Waals surface area (Å²) in [5.41, 5.74) is 6.72. The van der Waals surface area contributed by atoms with Crippen molar-refractivity contribution in [1.29, 1.82) is 0 Å². The van der Waals surface area contributed by atoms with Crippen LogP contribution in [0.3, 0.4) is 0 Å². The van der Waals surface area contributed by atoms with Crippen molar-refractivity contribution in [2.24, 2.45) is 5.73 Å². The molecule has 0 spiro atoms. The summed E-state index contributed by atoms with van der Waals surface area (Å²) in [4.78, 5) is 26.5. The Morgan fingerprint density at radius 1 is 1.35 bits per heavy atom. The molecule has 2 rings (SSSR count). The number of nitrogens with zero attached hydrogens (tertiary/aromatic N) is 1. The van der Waals surface area contributed by atoms with Gasteiger partial charge >= 0.3 is 6.03 Å². The number of imide groups is 1. The van der Waals surface area contributed by atoms with E-state index in [1.54, 1.807) is 12.3 Å². The second-order valence-corrected chi connectivity index (χ2v) is 5.17. The number of amides is 3. The van der Waals surface area contributed by atoms with Gasteiger partial charge < -0.3 is 10.7 Å². The minimum absolute atomic E-state index is 0.187. The van der Waals surface area contributed by atoms with Gasteiger partial charge in [-0.2, -0.15) is 0 Å². The number of primary amides is 1. The van der Waals surface area contributed by atoms with Gasteiger partial charge in [0.25, 0.3) is 0 Å². The fraction of sp³-hybridized carbons (Fsp3) is 0.231. The van der Waals surface area contributed by atoms with Crippen LogP contribution in [0.15, 0.2) is 18.3 Å². The number of aromatic nitrogens is 1. The molecule has 0 aliphatic rings. The summed E-state index contributed by atoms with van der Waals surface area (Å²) in [7, 11) is 1.36. The van der Waals surface area contributed by atoms with Crippen LogP contribution in [0.4, 0.5) is 4.79 Å². The van der Waals surface area contributed by atoms with E-state index in [0.717, 1.165) is 21.4 Å². The summed E-state index contributed by atoms with van der Waals surface area (Å²) in [6.07, 6.45) is 2.45. The largest absolute Gasteiger partial charge is 0.360 e. The fourth-order valence-electron chi connectivity index (χ4n) is 1.94. The third kappa shape index (κ3) is 2.73. The average Bonchev–Trinajstić information content (AvgIpc) is 2.83. The van der Waals surface area contributed by atoms with Crippen LogP contribution in [0.5, 0.6) is 0 Å². The first kappa shape index (κ1) is 14.7. The molecule has 5 nitrogen and oxygen atoms in total. The van der Waals surface area contributed by atoms with Crippen molar-refractivity contribution in [3.63, 3.8) is 0 Å². The first-order valence-corrected chi connectivity index (χ1v) is 6.67. The Morgan fingerprint density at radius 2 is 2.05 bits per heavy atom. The Kier molecular flexibility index (Phi) is 4.20. The highest BCUT2D eigenvalue weighted by molar-refractivity contribution is 6.45. The van der Waals surface area contributed by atoms with Gasteiger partial charge in [-0.1, -0.05) is 29.3 Å². The molecule has 0 radical (unpaired) electrons. The summed E-state index contributed by atoms with van der Waals surface area (Å²) in [5.74, 6) is -0.327. The number of rotatable bonds is 3. The fourth-order valence-corrected chi connectivity index (χ4v) is 2.31. The lowest BCUT2D eigenvalue weighted by molar-refractivity contribution is -0.127. The van der Waals surface area contributed by atoms with Crippen molar-refractivity contribution < 1.29 is 9.59 Å². The molecule has 1 aromatic heterocycles. The molecule has 106 valence electrons. The van der Waals surface area contributed by atoms with Crippen LogP contribution in [0.2, 0.25) is 10.0 Å². The van der Waals surface area contributed by atoms with Gasteiger partial charge in [-0.3, -0.25) is 9.69 Å². The van der Waals surface area contributed by atoms with Crippen LogP contribution in [0.25, 0.3) is 10.9 Å². The average molecular weight is 314 g/mol. The molecular formula is C13H13Cl2N3O2. The molecule has 0 fully saturated rings. The molecule has 0 saturated heterocycles. The molecular weight excluding hydrogens is 301 g/mol. The van der Waals surface area contributed by atoms with Crippen LogP contribution < -0.4 is 5.73 Å². The van der Waals surface area contributed by atoms with Gasteiger partial charge in [0.2, 0.25) is 5.91 Å². The molecule has 3 N–H and O–H groups in total. The number of benzene rings is 1. The monoisotopic (exact) mass is 313 g/mol. The third-order valence-electron chi connectivity index (χ3n) is 3.14. The summed E-state index contributed by atoms with van der Waals surface area (Å²) in [5, 5.41) is 1.84. The highest BCUT2D eigenvalue weighted by atomic mass is 35.5. The van der Waals surface area contributed by atoms with E-state index in [-0.39, 0.29) is 12.3 Å². The maximum Gasteiger partial charge on any atom is 0.321 e. The second kappa shape index (κ2) is 5.73. The molecule has 0 saturated carbocycles. The van der Waals surface area contributed by atoms with Crippen LogP contribution in [0, 0.1) is 0 Å². The SMILES string of the molecule is CN(C(N)=O)C(=O)CCc1c[nH]c2c(Cl)c(Cl)ccc12. The number of urea groups is 1. The molecule has 1 heterocycles. The summed E-state index contributed by atoms with van der Waals surface area (Å²) in [6, 6.07) is 2.79. The maximum atomic E-state index is 11.7. The predicted octanol–water partition coefficient (Wildman–Crippen LogP) is 2.94. The number of halogens is 2. The molecule has 0 unspecified atom stereocenters. The van der Waals surface area contributed by atoms with Crippen LogP contribution in [-0.4, -0.2) is 28.9 Å². The molecule has 0 aliphatic carbocycles. The minimum atomic E-state index is -0.760. The molecule has 0 aliphatic heterocycles. The number of aryl methyl sites for hydroxylation is 1. The number of nitrogens with one attached hydrogen (secondary N) is 1. The van der Waals surface area contributed by atoms with Crippen molar-refractivity contribution >= 4 is 46.0 Å². The lowest BCUT2D eigenvalue weighted by Gasteiger charge is -2.11. The number of fused-ring (bicyclic) bond motifs is 1. The number of aromatic amines is 1. The maximum absolute atomic E-state index is 11.7. The lowest BCUT2D eigenvalue weighted by atomic mass is 10.1. The first-order chi connectivity index (χ1) is 9.41. The summed E-state index contributed by atoms with van der Waals surface area (Å²) < 4.78 is 0. The molecule has 1 aromatic carbocycles. The number of nitrogens with two attached hydrogens (primary N) is 1. The number of hydrogen-bond acceptors (Lipinski definition) is 2. The number of hydrogen-bond donors (Lipinski definition) is 2. The quantitative estimate of drug-likeness (QED) is 0.913. The third-order valence-corrected chi connectivity index (χ3v) is 3.95. The van der Waals surface area contributed by atoms with Crippen molar-refractivity contribution in [3.8, 4) is 0 Å². The van der Waals surface area contributed by atoms with Crippen LogP contribution >= 0.6 is 23.2 Å². The van der Waals surface area contributed by atoms with E-state index in [9.17, 15) is 9.59 Å². The molecule has 3 amide bonds. The van der Waals surface area contributed by atoms with Crippen molar-refractivity contribution in [2.75, 3.05) is 7.05 Å². The van der Waals surface area contributed by atoms with E-state index < -0.39 is 6.03 Å². The van der Waals surface area contributed by atoms with Gasteiger partial charge in [0.05, 0.1) is 15.6 Å². The van der Waals surface area contributed by atoms with E-state index in [1.807, 2.05) is 6.07 Å². The number of carbonyl (C=O) groups is 2. The Labute approximate surface area is 125 Å². The zero-order valence-electron chi connectivity index (χ0n) is 10.7. The standard InChI is InChI=1S/C13H13Cl2N3O2/c1-18(13(16)20)10(19)5-2-7-6-17-12-8(7)3-4-9(14)11(12)15/h3-4,6,17H,2,5H2,1H3,(H2,16,20). The first-order valence-electron chi connectivity index (χ1n) is 5.91. The van der Waals surface area contributed by atoms with E-state index in [0.29, 0.717) is 16.5 Å². The smallest absolute Gasteiger partial charge is 0.321 e. The number of H-pyrrole nitrogens is 1. The van der Waals surface area contributed by atoms with Gasteiger partial charge in [0.15, 0.2) is 0 Å². The molecule has 7 heteroatoms. The van der Waals surface area contributed by atoms with E-state index in [1.165, 1.54) is 7.05 Å². The van der Waals surface area contributed by atoms with Gasteiger partial charge in [-0.15, -0.1) is 0 Å². The van der Waals surface area contributed by atoms with Gasteiger partial charge in [-0.05, 0) is 18.1 Å². The zero-order chi connectivity index (χ0) is 14.9. The van der Waals surface area contributed by atoms with E-state index in [2.05, 4.69) is 4.98 Å². The minimum Gasteiger partial charge on any atom is -0.360 e. The Balaban J connectivity index is 2.17. The van der Waals surface area contributed by atoms with E-state index in [4.69, 9.17) is 28.9 Å². The summed E-state index contributed by atoms with van der Waals surface area (Å²) in [6.45, 7) is 0. The van der Waals surface area contributed by atoms with Gasteiger partial charge in [0, 0.05) is 25.1 Å². The highest BCUT2D eigenvalue weighted by Crippen LogP contribution is 2.32.